The average molecular weight is 380 g/mol. The highest BCUT2D eigenvalue weighted by atomic mass is 16.6. The summed E-state index contributed by atoms with van der Waals surface area (Å²) in [6.07, 6.45) is -0.914. The molecule has 0 N–H and O–H groups in total. The first-order valence-corrected chi connectivity index (χ1v) is 9.52. The number of rotatable bonds is 6. The molecule has 1 aliphatic carbocycles. The molecule has 2 aromatic carbocycles. The first kappa shape index (κ1) is 19.8. The fourth-order valence-corrected chi connectivity index (χ4v) is 3.86. The van der Waals surface area contributed by atoms with E-state index >= 15 is 0 Å². The first-order valence-electron chi connectivity index (χ1n) is 9.52. The maximum Gasteiger partial charge on any atom is 0.347 e. The molecule has 0 spiro atoms. The van der Waals surface area contributed by atoms with Crippen LogP contribution in [0.4, 0.5) is 0 Å². The number of carbonyl (C=O) groups excluding carboxylic acids is 3. The van der Waals surface area contributed by atoms with Gasteiger partial charge in [0.15, 0.2) is 6.10 Å². The summed E-state index contributed by atoms with van der Waals surface area (Å²) in [5.74, 6) is -2.52. The minimum absolute atomic E-state index is 0.00536. The van der Waals surface area contributed by atoms with Gasteiger partial charge >= 0.3 is 11.9 Å². The molecule has 2 aromatic rings. The third-order valence-electron chi connectivity index (χ3n) is 5.12. The van der Waals surface area contributed by atoms with E-state index in [0.29, 0.717) is 0 Å². The van der Waals surface area contributed by atoms with Gasteiger partial charge in [0.2, 0.25) is 0 Å². The van der Waals surface area contributed by atoms with E-state index in [-0.39, 0.29) is 24.7 Å². The van der Waals surface area contributed by atoms with Gasteiger partial charge in [0.25, 0.3) is 0 Å². The summed E-state index contributed by atoms with van der Waals surface area (Å²) in [6.45, 7) is 3.39. The van der Waals surface area contributed by atoms with Crippen molar-refractivity contribution in [3.63, 3.8) is 0 Å². The van der Waals surface area contributed by atoms with Crippen molar-refractivity contribution in [2.75, 3.05) is 6.61 Å². The van der Waals surface area contributed by atoms with Gasteiger partial charge < -0.3 is 9.47 Å². The smallest absolute Gasteiger partial charge is 0.347 e. The fourth-order valence-electron chi connectivity index (χ4n) is 3.86. The number of esters is 2. The van der Waals surface area contributed by atoms with Crippen LogP contribution in [0.3, 0.4) is 0 Å². The predicted molar refractivity (Wildman–Crippen MR) is 104 cm³/mol. The Morgan fingerprint density at radius 1 is 1.00 bits per heavy atom. The molecule has 1 fully saturated rings. The van der Waals surface area contributed by atoms with Gasteiger partial charge in [-0.05, 0) is 25.0 Å². The standard InChI is InChI=1S/C23H24O5/c1-3-27-22(25)15(2)28-23(26)18-14-19(24)21(17-12-8-5-9-13-17)20(18)16-10-6-4-7-11-16/h4-13,15,18,20-21H,3,14H2,1-2H3/t15?,18-,20-,21-/m0/s1. The summed E-state index contributed by atoms with van der Waals surface area (Å²) in [5.41, 5.74) is 1.79. The Hall–Kier alpha value is -2.95. The van der Waals surface area contributed by atoms with Crippen LogP contribution in [0.1, 0.15) is 43.2 Å². The van der Waals surface area contributed by atoms with Crippen LogP contribution in [0.25, 0.3) is 0 Å². The molecule has 0 saturated heterocycles. The van der Waals surface area contributed by atoms with Gasteiger partial charge in [0, 0.05) is 12.3 Å². The molecule has 4 atom stereocenters. The highest BCUT2D eigenvalue weighted by molar-refractivity contribution is 5.95. The number of ketones is 1. The van der Waals surface area contributed by atoms with Crippen LogP contribution in [0.15, 0.2) is 60.7 Å². The Balaban J connectivity index is 1.90. The second-order valence-electron chi connectivity index (χ2n) is 6.93. The minimum atomic E-state index is -1.00. The summed E-state index contributed by atoms with van der Waals surface area (Å²) in [7, 11) is 0. The summed E-state index contributed by atoms with van der Waals surface area (Å²) in [5, 5.41) is 0. The molecule has 5 heteroatoms. The second-order valence-corrected chi connectivity index (χ2v) is 6.93. The third-order valence-corrected chi connectivity index (χ3v) is 5.12. The number of Topliss-reactive ketones (excluding diaryl/α,β-unsaturated/α-hetero) is 1. The molecule has 0 aliphatic heterocycles. The van der Waals surface area contributed by atoms with Crippen molar-refractivity contribution in [3.05, 3.63) is 71.8 Å². The number of hydrogen-bond acceptors (Lipinski definition) is 5. The van der Waals surface area contributed by atoms with Gasteiger partial charge in [0.1, 0.15) is 5.78 Å². The van der Waals surface area contributed by atoms with Crippen LogP contribution >= 0.6 is 0 Å². The third kappa shape index (κ3) is 4.14. The molecule has 146 valence electrons. The molecule has 0 amide bonds. The van der Waals surface area contributed by atoms with Gasteiger partial charge in [-0.2, -0.15) is 0 Å². The molecule has 0 aromatic heterocycles. The van der Waals surface area contributed by atoms with E-state index in [4.69, 9.17) is 9.47 Å². The monoisotopic (exact) mass is 380 g/mol. The van der Waals surface area contributed by atoms with Gasteiger partial charge in [-0.15, -0.1) is 0 Å². The summed E-state index contributed by atoms with van der Waals surface area (Å²) >= 11 is 0. The van der Waals surface area contributed by atoms with Crippen molar-refractivity contribution in [2.45, 2.75) is 38.2 Å². The Labute approximate surface area is 164 Å². The minimum Gasteiger partial charge on any atom is -0.463 e. The Bertz CT molecular complexity index is 831. The van der Waals surface area contributed by atoms with Gasteiger partial charge in [-0.3, -0.25) is 9.59 Å². The average Bonchev–Trinajstić information content (AvgIpc) is 3.06. The maximum atomic E-state index is 12.9. The largest absolute Gasteiger partial charge is 0.463 e. The second kappa shape index (κ2) is 8.83. The van der Waals surface area contributed by atoms with Gasteiger partial charge in [-0.1, -0.05) is 60.7 Å². The zero-order valence-electron chi connectivity index (χ0n) is 16.0. The van der Waals surface area contributed by atoms with E-state index in [1.807, 2.05) is 60.7 Å². The predicted octanol–water partition coefficient (Wildman–Crippen LogP) is 3.64. The highest BCUT2D eigenvalue weighted by Crippen LogP contribution is 2.48. The lowest BCUT2D eigenvalue weighted by molar-refractivity contribution is -0.169. The molecule has 5 nitrogen and oxygen atoms in total. The lowest BCUT2D eigenvalue weighted by Gasteiger charge is -2.24. The van der Waals surface area contributed by atoms with Crippen LogP contribution in [0, 0.1) is 5.92 Å². The summed E-state index contributed by atoms with van der Waals surface area (Å²) in [6, 6.07) is 19.0. The van der Waals surface area contributed by atoms with Gasteiger partial charge in [-0.25, -0.2) is 4.79 Å². The zero-order chi connectivity index (χ0) is 20.1. The van der Waals surface area contributed by atoms with E-state index in [0.717, 1.165) is 11.1 Å². The van der Waals surface area contributed by atoms with Crippen LogP contribution < -0.4 is 0 Å². The van der Waals surface area contributed by atoms with Crippen LogP contribution in [-0.2, 0) is 23.9 Å². The van der Waals surface area contributed by atoms with Crippen LogP contribution in [0.5, 0.6) is 0 Å². The lowest BCUT2D eigenvalue weighted by Crippen LogP contribution is -2.31. The molecule has 1 unspecified atom stereocenters. The Kier molecular flexibility index (Phi) is 6.24. The van der Waals surface area contributed by atoms with E-state index in [1.165, 1.54) is 6.92 Å². The molecule has 3 rings (SSSR count). The lowest BCUT2D eigenvalue weighted by atomic mass is 9.79. The molecule has 1 saturated carbocycles. The summed E-state index contributed by atoms with van der Waals surface area (Å²) in [4.78, 5) is 37.6. The van der Waals surface area contributed by atoms with Gasteiger partial charge in [0.05, 0.1) is 18.4 Å². The Morgan fingerprint density at radius 3 is 2.14 bits per heavy atom. The molecular weight excluding hydrogens is 356 g/mol. The number of ether oxygens (including phenoxy) is 2. The number of carbonyl (C=O) groups is 3. The van der Waals surface area contributed by atoms with Crippen molar-refractivity contribution >= 4 is 17.7 Å². The highest BCUT2D eigenvalue weighted by Gasteiger charge is 2.48. The van der Waals surface area contributed by atoms with E-state index in [9.17, 15) is 14.4 Å². The molecule has 0 radical (unpaired) electrons. The van der Waals surface area contributed by atoms with Crippen molar-refractivity contribution in [2.24, 2.45) is 5.92 Å². The van der Waals surface area contributed by atoms with Crippen molar-refractivity contribution in [1.29, 1.82) is 0 Å². The SMILES string of the molecule is CCOC(=O)C(C)OC(=O)[C@H]1CC(=O)[C@H](c2ccccc2)[C@H]1c1ccccc1. The van der Waals surface area contributed by atoms with Crippen molar-refractivity contribution in [3.8, 4) is 0 Å². The number of benzene rings is 2. The fraction of sp³-hybridized carbons (Fsp3) is 0.348. The first-order chi connectivity index (χ1) is 13.5. The molecule has 28 heavy (non-hydrogen) atoms. The van der Waals surface area contributed by atoms with Crippen molar-refractivity contribution < 1.29 is 23.9 Å². The zero-order valence-corrected chi connectivity index (χ0v) is 16.0. The van der Waals surface area contributed by atoms with Crippen LogP contribution in [0.2, 0.25) is 0 Å². The van der Waals surface area contributed by atoms with Crippen molar-refractivity contribution in [1.82, 2.24) is 0 Å². The van der Waals surface area contributed by atoms with E-state index in [2.05, 4.69) is 0 Å². The van der Waals surface area contributed by atoms with Crippen LogP contribution in [-0.4, -0.2) is 30.4 Å². The maximum absolute atomic E-state index is 12.9. The molecule has 1 aliphatic rings. The molecule has 0 heterocycles. The van der Waals surface area contributed by atoms with E-state index in [1.54, 1.807) is 6.92 Å². The molecule has 0 bridgehead atoms. The van der Waals surface area contributed by atoms with E-state index < -0.39 is 29.9 Å². The number of hydrogen-bond donors (Lipinski definition) is 0. The Morgan fingerprint density at radius 2 is 1.57 bits per heavy atom. The molecular formula is C23H24O5. The quantitative estimate of drug-likeness (QED) is 0.716. The topological polar surface area (TPSA) is 69.7 Å². The normalized spacial score (nSPS) is 22.5. The summed E-state index contributed by atoms with van der Waals surface area (Å²) < 4.78 is 10.3.